The fraction of sp³-hybridized carbons (Fsp3) is 0.273. The quantitative estimate of drug-likeness (QED) is 0.645. The molecule has 2 aromatic carbocycles. The van der Waals surface area contributed by atoms with Gasteiger partial charge in [-0.05, 0) is 23.6 Å². The van der Waals surface area contributed by atoms with E-state index >= 15 is 0 Å². The fourth-order valence-electron chi connectivity index (χ4n) is 3.14. The molecule has 2 N–H and O–H groups in total. The van der Waals surface area contributed by atoms with E-state index in [1.807, 2.05) is 54.7 Å². The zero-order valence-corrected chi connectivity index (χ0v) is 15.6. The van der Waals surface area contributed by atoms with Crippen molar-refractivity contribution in [2.45, 2.75) is 26.3 Å². The molecule has 0 aliphatic carbocycles. The third-order valence-electron chi connectivity index (χ3n) is 4.71. The van der Waals surface area contributed by atoms with Crippen LogP contribution in [0.25, 0.3) is 10.9 Å². The molecule has 0 fully saturated rings. The van der Waals surface area contributed by atoms with Crippen molar-refractivity contribution >= 4 is 22.7 Å². The van der Waals surface area contributed by atoms with Crippen LogP contribution < -0.4 is 5.32 Å². The normalized spacial score (nSPS) is 10.7. The van der Waals surface area contributed by atoms with E-state index in [9.17, 15) is 9.59 Å². The molecule has 27 heavy (non-hydrogen) atoms. The lowest BCUT2D eigenvalue weighted by atomic mass is 10.1. The van der Waals surface area contributed by atoms with Gasteiger partial charge in [0.25, 0.3) is 0 Å². The SMILES string of the molecule is CC(=O)N(CCC(=O)NCc1ccccc1)CCc1c[nH]c2ccccc12. The molecular weight excluding hydrogens is 338 g/mol. The second-order valence-electron chi connectivity index (χ2n) is 6.63. The Bertz CT molecular complexity index is 902. The molecule has 0 aliphatic heterocycles. The van der Waals surface area contributed by atoms with Crippen LogP contribution in [0, 0.1) is 0 Å². The molecule has 0 spiro atoms. The van der Waals surface area contributed by atoms with E-state index in [4.69, 9.17) is 0 Å². The molecule has 5 heteroatoms. The summed E-state index contributed by atoms with van der Waals surface area (Å²) in [5.74, 6) is -0.0529. The first-order chi connectivity index (χ1) is 13.1. The van der Waals surface area contributed by atoms with E-state index < -0.39 is 0 Å². The van der Waals surface area contributed by atoms with Crippen molar-refractivity contribution in [2.75, 3.05) is 13.1 Å². The number of amides is 2. The molecule has 140 valence electrons. The Kier molecular flexibility index (Phi) is 6.26. The van der Waals surface area contributed by atoms with E-state index in [-0.39, 0.29) is 11.8 Å². The van der Waals surface area contributed by atoms with Gasteiger partial charge < -0.3 is 15.2 Å². The predicted molar refractivity (Wildman–Crippen MR) is 107 cm³/mol. The fourth-order valence-corrected chi connectivity index (χ4v) is 3.14. The maximum atomic E-state index is 12.1. The highest BCUT2D eigenvalue weighted by Crippen LogP contribution is 2.18. The summed E-state index contributed by atoms with van der Waals surface area (Å²) in [5.41, 5.74) is 3.35. The monoisotopic (exact) mass is 363 g/mol. The molecule has 1 heterocycles. The van der Waals surface area contributed by atoms with Gasteiger partial charge in [0.1, 0.15) is 0 Å². The van der Waals surface area contributed by atoms with Crippen molar-refractivity contribution < 1.29 is 9.59 Å². The molecule has 0 atom stereocenters. The number of carbonyl (C=O) groups excluding carboxylic acids is 2. The average molecular weight is 363 g/mol. The van der Waals surface area contributed by atoms with Crippen LogP contribution in [0.3, 0.4) is 0 Å². The van der Waals surface area contributed by atoms with Crippen LogP contribution in [0.4, 0.5) is 0 Å². The lowest BCUT2D eigenvalue weighted by molar-refractivity contribution is -0.129. The number of hydrogen-bond donors (Lipinski definition) is 2. The largest absolute Gasteiger partial charge is 0.361 e. The van der Waals surface area contributed by atoms with Crippen molar-refractivity contribution in [3.63, 3.8) is 0 Å². The molecule has 1 aromatic heterocycles. The molecule has 0 saturated heterocycles. The van der Waals surface area contributed by atoms with E-state index in [0.717, 1.165) is 17.5 Å². The number of nitrogens with one attached hydrogen (secondary N) is 2. The second-order valence-corrected chi connectivity index (χ2v) is 6.63. The Hall–Kier alpha value is -3.08. The Morgan fingerprint density at radius 2 is 1.74 bits per heavy atom. The maximum absolute atomic E-state index is 12.1. The van der Waals surface area contributed by atoms with E-state index in [1.165, 1.54) is 10.9 Å². The summed E-state index contributed by atoms with van der Waals surface area (Å²) in [4.78, 5) is 29.0. The number of fused-ring (bicyclic) bond motifs is 1. The van der Waals surface area contributed by atoms with Gasteiger partial charge in [-0.3, -0.25) is 9.59 Å². The molecule has 0 bridgehead atoms. The zero-order valence-electron chi connectivity index (χ0n) is 15.6. The molecule has 0 unspecified atom stereocenters. The van der Waals surface area contributed by atoms with Gasteiger partial charge in [-0.25, -0.2) is 0 Å². The number of H-pyrrole nitrogens is 1. The number of aromatic amines is 1. The first-order valence-electron chi connectivity index (χ1n) is 9.24. The number of hydrogen-bond acceptors (Lipinski definition) is 2. The van der Waals surface area contributed by atoms with E-state index in [2.05, 4.69) is 16.4 Å². The van der Waals surface area contributed by atoms with Gasteiger partial charge in [0.05, 0.1) is 0 Å². The first-order valence-corrected chi connectivity index (χ1v) is 9.24. The summed E-state index contributed by atoms with van der Waals surface area (Å²) in [7, 11) is 0. The highest BCUT2D eigenvalue weighted by atomic mass is 16.2. The Morgan fingerprint density at radius 1 is 1.00 bits per heavy atom. The van der Waals surface area contributed by atoms with Crippen molar-refractivity contribution in [3.05, 3.63) is 71.9 Å². The van der Waals surface area contributed by atoms with Crippen molar-refractivity contribution in [3.8, 4) is 0 Å². The van der Waals surface area contributed by atoms with Crippen LogP contribution in [0.1, 0.15) is 24.5 Å². The highest BCUT2D eigenvalue weighted by molar-refractivity contribution is 5.83. The molecule has 2 amide bonds. The van der Waals surface area contributed by atoms with Crippen LogP contribution >= 0.6 is 0 Å². The van der Waals surface area contributed by atoms with Gasteiger partial charge in [0.15, 0.2) is 0 Å². The molecule has 3 aromatic rings. The Labute approximate surface area is 159 Å². The smallest absolute Gasteiger partial charge is 0.222 e. The number of rotatable bonds is 8. The standard InChI is InChI=1S/C22H25N3O2/c1-17(26)25(13-11-19-16-23-21-10-6-5-9-20(19)21)14-12-22(27)24-15-18-7-3-2-4-8-18/h2-10,16,23H,11-15H2,1H3,(H,24,27). The van der Waals surface area contributed by atoms with Crippen LogP contribution in [0.2, 0.25) is 0 Å². The minimum atomic E-state index is -0.0443. The van der Waals surface area contributed by atoms with Crippen molar-refractivity contribution in [2.24, 2.45) is 0 Å². The number of carbonyl (C=O) groups is 2. The topological polar surface area (TPSA) is 65.2 Å². The average Bonchev–Trinajstić information content (AvgIpc) is 3.10. The Morgan fingerprint density at radius 3 is 2.52 bits per heavy atom. The van der Waals surface area contributed by atoms with Gasteiger partial charge in [-0.2, -0.15) is 0 Å². The molecule has 5 nitrogen and oxygen atoms in total. The highest BCUT2D eigenvalue weighted by Gasteiger charge is 2.12. The Balaban J connectivity index is 1.49. The van der Waals surface area contributed by atoms with Crippen LogP contribution in [-0.4, -0.2) is 34.8 Å². The second kappa shape index (κ2) is 9.03. The van der Waals surface area contributed by atoms with Crippen LogP contribution in [0.5, 0.6) is 0 Å². The molecular formula is C22H25N3O2. The van der Waals surface area contributed by atoms with E-state index in [1.54, 1.807) is 11.8 Å². The summed E-state index contributed by atoms with van der Waals surface area (Å²) in [6.07, 6.45) is 3.06. The maximum Gasteiger partial charge on any atom is 0.222 e. The van der Waals surface area contributed by atoms with Crippen molar-refractivity contribution in [1.29, 1.82) is 0 Å². The summed E-state index contributed by atoms with van der Waals surface area (Å²) in [5, 5.41) is 4.09. The molecule has 0 aliphatic rings. The third-order valence-corrected chi connectivity index (χ3v) is 4.71. The number of para-hydroxylation sites is 1. The summed E-state index contributed by atoms with van der Waals surface area (Å²) in [6, 6.07) is 17.9. The number of nitrogens with zero attached hydrogens (tertiary/aromatic N) is 1. The van der Waals surface area contributed by atoms with Gasteiger partial charge in [-0.1, -0.05) is 48.5 Å². The summed E-state index contributed by atoms with van der Waals surface area (Å²) >= 11 is 0. The number of benzene rings is 2. The van der Waals surface area contributed by atoms with Gasteiger partial charge in [0.2, 0.25) is 11.8 Å². The van der Waals surface area contributed by atoms with Gasteiger partial charge >= 0.3 is 0 Å². The summed E-state index contributed by atoms with van der Waals surface area (Å²) < 4.78 is 0. The van der Waals surface area contributed by atoms with Gasteiger partial charge in [0, 0.05) is 50.1 Å². The van der Waals surface area contributed by atoms with Crippen molar-refractivity contribution in [1.82, 2.24) is 15.2 Å². The zero-order chi connectivity index (χ0) is 19.1. The van der Waals surface area contributed by atoms with Crippen LogP contribution in [-0.2, 0) is 22.6 Å². The third kappa shape index (κ3) is 5.20. The minimum Gasteiger partial charge on any atom is -0.361 e. The minimum absolute atomic E-state index is 0.00861. The number of aromatic nitrogens is 1. The van der Waals surface area contributed by atoms with E-state index in [0.29, 0.717) is 26.1 Å². The van der Waals surface area contributed by atoms with Gasteiger partial charge in [-0.15, -0.1) is 0 Å². The molecule has 0 saturated carbocycles. The lowest BCUT2D eigenvalue weighted by Crippen LogP contribution is -2.35. The molecule has 0 radical (unpaired) electrons. The molecule has 3 rings (SSSR count). The summed E-state index contributed by atoms with van der Waals surface area (Å²) in [6.45, 7) is 3.09. The van der Waals surface area contributed by atoms with Crippen LogP contribution in [0.15, 0.2) is 60.8 Å². The first kappa shape index (κ1) is 18.7. The lowest BCUT2D eigenvalue weighted by Gasteiger charge is -2.20. The predicted octanol–water partition coefficient (Wildman–Crippen LogP) is 3.27.